The SMILES string of the molecule is CCNC(c1ccc(C)o1)c1ccccc1C(C)(C)C. The second kappa shape index (κ2) is 5.84. The van der Waals surface area contributed by atoms with E-state index in [0.717, 1.165) is 18.1 Å². The Labute approximate surface area is 122 Å². The molecule has 108 valence electrons. The molecule has 1 heterocycles. The van der Waals surface area contributed by atoms with Crippen LogP contribution in [-0.2, 0) is 5.41 Å². The number of furan rings is 1. The van der Waals surface area contributed by atoms with Crippen LogP contribution in [0.25, 0.3) is 0 Å². The number of nitrogens with one attached hydrogen (secondary N) is 1. The van der Waals surface area contributed by atoms with Crippen LogP contribution in [-0.4, -0.2) is 6.54 Å². The Bertz CT molecular complexity index is 563. The van der Waals surface area contributed by atoms with Crippen LogP contribution in [0.3, 0.4) is 0 Å². The number of hydrogen-bond donors (Lipinski definition) is 1. The van der Waals surface area contributed by atoms with E-state index >= 15 is 0 Å². The topological polar surface area (TPSA) is 25.2 Å². The highest BCUT2D eigenvalue weighted by molar-refractivity contribution is 5.38. The monoisotopic (exact) mass is 271 g/mol. The van der Waals surface area contributed by atoms with Gasteiger partial charge < -0.3 is 9.73 Å². The van der Waals surface area contributed by atoms with Crippen LogP contribution in [0.5, 0.6) is 0 Å². The Hall–Kier alpha value is -1.54. The second-order valence-corrected chi connectivity index (χ2v) is 6.28. The highest BCUT2D eigenvalue weighted by atomic mass is 16.3. The van der Waals surface area contributed by atoms with Crippen molar-refractivity contribution in [2.45, 2.75) is 46.1 Å². The van der Waals surface area contributed by atoms with Crippen molar-refractivity contribution in [2.75, 3.05) is 6.54 Å². The van der Waals surface area contributed by atoms with Gasteiger partial charge in [-0.05, 0) is 42.1 Å². The Morgan fingerprint density at radius 3 is 2.35 bits per heavy atom. The smallest absolute Gasteiger partial charge is 0.125 e. The predicted molar refractivity (Wildman–Crippen MR) is 84.1 cm³/mol. The summed E-state index contributed by atoms with van der Waals surface area (Å²) in [4.78, 5) is 0. The molecule has 2 heteroatoms. The summed E-state index contributed by atoms with van der Waals surface area (Å²) >= 11 is 0. The molecular weight excluding hydrogens is 246 g/mol. The molecule has 2 rings (SSSR count). The maximum atomic E-state index is 5.86. The van der Waals surface area contributed by atoms with Crippen LogP contribution in [0.4, 0.5) is 0 Å². The van der Waals surface area contributed by atoms with E-state index in [2.05, 4.69) is 63.3 Å². The van der Waals surface area contributed by atoms with Gasteiger partial charge in [0, 0.05) is 0 Å². The molecule has 1 N–H and O–H groups in total. The van der Waals surface area contributed by atoms with Crippen molar-refractivity contribution < 1.29 is 4.42 Å². The van der Waals surface area contributed by atoms with Gasteiger partial charge in [-0.2, -0.15) is 0 Å². The first-order valence-electron chi connectivity index (χ1n) is 7.32. The lowest BCUT2D eigenvalue weighted by Gasteiger charge is -2.27. The second-order valence-electron chi connectivity index (χ2n) is 6.28. The van der Waals surface area contributed by atoms with Gasteiger partial charge in [0.15, 0.2) is 0 Å². The molecule has 0 aliphatic rings. The van der Waals surface area contributed by atoms with Crippen LogP contribution >= 0.6 is 0 Å². The third kappa shape index (κ3) is 3.13. The Kier molecular flexibility index (Phi) is 4.34. The zero-order valence-corrected chi connectivity index (χ0v) is 13.2. The van der Waals surface area contributed by atoms with Crippen molar-refractivity contribution in [3.05, 3.63) is 59.0 Å². The van der Waals surface area contributed by atoms with Gasteiger partial charge in [-0.15, -0.1) is 0 Å². The maximum absolute atomic E-state index is 5.86. The lowest BCUT2D eigenvalue weighted by molar-refractivity contribution is 0.430. The molecule has 1 aromatic carbocycles. The van der Waals surface area contributed by atoms with Gasteiger partial charge in [-0.3, -0.25) is 0 Å². The van der Waals surface area contributed by atoms with Crippen LogP contribution in [0.2, 0.25) is 0 Å². The molecule has 0 aliphatic heterocycles. The van der Waals surface area contributed by atoms with Gasteiger partial charge in [0.25, 0.3) is 0 Å². The Balaban J connectivity index is 2.50. The van der Waals surface area contributed by atoms with E-state index in [1.807, 2.05) is 13.0 Å². The van der Waals surface area contributed by atoms with E-state index in [4.69, 9.17) is 4.42 Å². The van der Waals surface area contributed by atoms with Crippen molar-refractivity contribution >= 4 is 0 Å². The summed E-state index contributed by atoms with van der Waals surface area (Å²) in [5, 5.41) is 3.55. The molecule has 0 amide bonds. The van der Waals surface area contributed by atoms with Gasteiger partial charge >= 0.3 is 0 Å². The van der Waals surface area contributed by atoms with Crippen molar-refractivity contribution in [2.24, 2.45) is 0 Å². The quantitative estimate of drug-likeness (QED) is 0.880. The van der Waals surface area contributed by atoms with Gasteiger partial charge in [0.2, 0.25) is 0 Å². The fraction of sp³-hybridized carbons (Fsp3) is 0.444. The first-order valence-corrected chi connectivity index (χ1v) is 7.32. The molecule has 0 aliphatic carbocycles. The molecule has 2 aromatic rings. The summed E-state index contributed by atoms with van der Waals surface area (Å²) in [6, 6.07) is 12.8. The number of hydrogen-bond acceptors (Lipinski definition) is 2. The van der Waals surface area contributed by atoms with Crippen LogP contribution in [0.1, 0.15) is 56.4 Å². The Morgan fingerprint density at radius 1 is 1.10 bits per heavy atom. The number of benzene rings is 1. The minimum absolute atomic E-state index is 0.115. The third-order valence-electron chi connectivity index (χ3n) is 3.53. The van der Waals surface area contributed by atoms with E-state index < -0.39 is 0 Å². The molecule has 0 radical (unpaired) electrons. The van der Waals surface area contributed by atoms with Gasteiger partial charge in [0.05, 0.1) is 6.04 Å². The molecule has 1 aromatic heterocycles. The molecule has 0 saturated carbocycles. The number of aryl methyl sites for hydroxylation is 1. The average Bonchev–Trinajstić information content (AvgIpc) is 2.81. The van der Waals surface area contributed by atoms with Gasteiger partial charge in [-0.1, -0.05) is 52.0 Å². The molecule has 0 fully saturated rings. The molecule has 0 saturated heterocycles. The first kappa shape index (κ1) is 14.9. The average molecular weight is 271 g/mol. The minimum atomic E-state index is 0.115. The van der Waals surface area contributed by atoms with E-state index in [-0.39, 0.29) is 11.5 Å². The summed E-state index contributed by atoms with van der Waals surface area (Å²) in [5.74, 6) is 1.94. The zero-order chi connectivity index (χ0) is 14.8. The fourth-order valence-electron chi connectivity index (χ4n) is 2.61. The molecule has 1 atom stereocenters. The predicted octanol–water partition coefficient (Wildman–Crippen LogP) is 4.58. The van der Waals surface area contributed by atoms with Gasteiger partial charge in [0.1, 0.15) is 11.5 Å². The van der Waals surface area contributed by atoms with E-state index in [1.165, 1.54) is 11.1 Å². The van der Waals surface area contributed by atoms with Crippen molar-refractivity contribution in [1.29, 1.82) is 0 Å². The van der Waals surface area contributed by atoms with Crippen molar-refractivity contribution in [3.8, 4) is 0 Å². The highest BCUT2D eigenvalue weighted by Crippen LogP contribution is 2.33. The summed E-state index contributed by atoms with van der Waals surface area (Å²) in [6.45, 7) is 11.8. The van der Waals surface area contributed by atoms with E-state index in [9.17, 15) is 0 Å². The van der Waals surface area contributed by atoms with E-state index in [0.29, 0.717) is 0 Å². The van der Waals surface area contributed by atoms with Gasteiger partial charge in [-0.25, -0.2) is 0 Å². The summed E-state index contributed by atoms with van der Waals surface area (Å²) < 4.78 is 5.86. The lowest BCUT2D eigenvalue weighted by Crippen LogP contribution is -2.25. The molecule has 1 unspecified atom stereocenters. The lowest BCUT2D eigenvalue weighted by atomic mass is 9.81. The Morgan fingerprint density at radius 2 is 1.80 bits per heavy atom. The fourth-order valence-corrected chi connectivity index (χ4v) is 2.61. The normalized spacial score (nSPS) is 13.4. The van der Waals surface area contributed by atoms with Crippen LogP contribution in [0.15, 0.2) is 40.8 Å². The summed E-state index contributed by atoms with van der Waals surface area (Å²) in [5.41, 5.74) is 2.78. The van der Waals surface area contributed by atoms with Crippen LogP contribution < -0.4 is 5.32 Å². The molecule has 20 heavy (non-hydrogen) atoms. The molecular formula is C18H25NO. The first-order chi connectivity index (χ1) is 9.43. The van der Waals surface area contributed by atoms with E-state index in [1.54, 1.807) is 0 Å². The molecule has 2 nitrogen and oxygen atoms in total. The minimum Gasteiger partial charge on any atom is -0.464 e. The van der Waals surface area contributed by atoms with Crippen molar-refractivity contribution in [3.63, 3.8) is 0 Å². The molecule has 0 spiro atoms. The standard InChI is InChI=1S/C18H25NO/c1-6-19-17(16-12-11-13(2)20-16)14-9-7-8-10-15(14)18(3,4)5/h7-12,17,19H,6H2,1-5H3. The summed E-state index contributed by atoms with van der Waals surface area (Å²) in [7, 11) is 0. The van der Waals surface area contributed by atoms with Crippen molar-refractivity contribution in [1.82, 2.24) is 5.32 Å². The number of rotatable bonds is 4. The largest absolute Gasteiger partial charge is 0.464 e. The zero-order valence-electron chi connectivity index (χ0n) is 13.2. The highest BCUT2D eigenvalue weighted by Gasteiger charge is 2.24. The van der Waals surface area contributed by atoms with Crippen LogP contribution in [0, 0.1) is 6.92 Å². The maximum Gasteiger partial charge on any atom is 0.125 e. The third-order valence-corrected chi connectivity index (χ3v) is 3.53. The molecule has 0 bridgehead atoms. The summed E-state index contributed by atoms with van der Waals surface area (Å²) in [6.07, 6.45) is 0.